The van der Waals surface area contributed by atoms with Gasteiger partial charge in [-0.2, -0.15) is 10.2 Å². The smallest absolute Gasteiger partial charge is 0.269 e. The Morgan fingerprint density at radius 1 is 1.06 bits per heavy atom. The van der Waals surface area contributed by atoms with Gasteiger partial charge in [0.2, 0.25) is 5.88 Å². The van der Waals surface area contributed by atoms with E-state index in [1.165, 1.54) is 10.5 Å². The van der Waals surface area contributed by atoms with Crippen LogP contribution in [0.3, 0.4) is 0 Å². The van der Waals surface area contributed by atoms with Crippen molar-refractivity contribution in [3.63, 3.8) is 0 Å². The lowest BCUT2D eigenvalue weighted by atomic mass is 10.1. The lowest BCUT2D eigenvalue weighted by Crippen LogP contribution is -2.27. The fourth-order valence-electron chi connectivity index (χ4n) is 3.39. The number of nitrogens with one attached hydrogen (secondary N) is 1. The molecule has 4 aromatic rings. The van der Waals surface area contributed by atoms with E-state index < -0.39 is 11.5 Å². The minimum absolute atomic E-state index is 0.0146. The molecule has 8 heteroatoms. The molecule has 0 saturated carbocycles. The average Bonchev–Trinajstić information content (AvgIpc) is 2.89. The number of methoxy groups -OCH3 is 1. The van der Waals surface area contributed by atoms with Crippen molar-refractivity contribution in [1.29, 1.82) is 5.26 Å². The van der Waals surface area contributed by atoms with Crippen molar-refractivity contribution in [2.24, 2.45) is 0 Å². The number of pyridine rings is 1. The molecule has 174 valence electrons. The van der Waals surface area contributed by atoms with Gasteiger partial charge in [0.15, 0.2) is 0 Å². The second kappa shape index (κ2) is 10.8. The van der Waals surface area contributed by atoms with Crippen LogP contribution in [-0.4, -0.2) is 28.9 Å². The highest BCUT2D eigenvalue weighted by molar-refractivity contribution is 6.01. The molecule has 0 saturated heterocycles. The maximum atomic E-state index is 13.3. The molecule has 0 fully saturated rings. The van der Waals surface area contributed by atoms with E-state index in [-0.39, 0.29) is 17.0 Å². The molecule has 2 heterocycles. The van der Waals surface area contributed by atoms with Crippen molar-refractivity contribution in [3.05, 3.63) is 106 Å². The number of fused-ring (bicyclic) bond motifs is 1. The summed E-state index contributed by atoms with van der Waals surface area (Å²) in [7, 11) is 1.55. The number of amides is 1. The van der Waals surface area contributed by atoms with E-state index in [1.807, 2.05) is 36.4 Å². The van der Waals surface area contributed by atoms with Crippen LogP contribution in [0, 0.1) is 11.3 Å². The first kappa shape index (κ1) is 23.3. The van der Waals surface area contributed by atoms with Crippen LogP contribution in [0.4, 0.5) is 0 Å². The first-order valence-electron chi connectivity index (χ1n) is 10.9. The second-order valence-corrected chi connectivity index (χ2v) is 7.50. The van der Waals surface area contributed by atoms with Crippen LogP contribution in [0.5, 0.6) is 17.4 Å². The molecular weight excluding hydrogens is 444 g/mol. The summed E-state index contributed by atoms with van der Waals surface area (Å²) in [5.41, 5.74) is 0.710. The summed E-state index contributed by atoms with van der Waals surface area (Å²) < 4.78 is 12.4. The first-order valence-corrected chi connectivity index (χ1v) is 10.9. The summed E-state index contributed by atoms with van der Waals surface area (Å²) in [6.07, 6.45) is 3.38. The predicted octanol–water partition coefficient (Wildman–Crippen LogP) is 3.76. The van der Waals surface area contributed by atoms with Crippen LogP contribution in [-0.2, 0) is 11.2 Å². The quantitative estimate of drug-likeness (QED) is 0.313. The number of hydrogen-bond donors (Lipinski definition) is 1. The Balaban J connectivity index is 1.66. The van der Waals surface area contributed by atoms with Crippen molar-refractivity contribution in [2.75, 3.05) is 13.7 Å². The molecule has 0 atom stereocenters. The van der Waals surface area contributed by atoms with Crippen LogP contribution >= 0.6 is 0 Å². The van der Waals surface area contributed by atoms with Gasteiger partial charge in [0.25, 0.3) is 11.5 Å². The largest absolute Gasteiger partial charge is 0.497 e. The van der Waals surface area contributed by atoms with Crippen molar-refractivity contribution >= 4 is 17.6 Å². The third-order valence-corrected chi connectivity index (χ3v) is 5.20. The number of aromatic nitrogens is 2. The molecule has 4 rings (SSSR count). The molecule has 0 aliphatic heterocycles. The molecule has 2 aromatic carbocycles. The molecule has 0 aliphatic carbocycles. The van der Waals surface area contributed by atoms with Gasteiger partial charge in [-0.1, -0.05) is 36.4 Å². The number of ether oxygens (including phenoxy) is 2. The zero-order valence-electron chi connectivity index (χ0n) is 19.0. The standard InChI is InChI=1S/C27H22N4O4/c1-34-21-10-12-22(13-11-21)35-26-23(27(33)31-16-6-5-9-24(31)30-26)17-20(18-28)25(32)29-15-14-19-7-3-2-4-8-19/h2-13,16-17H,14-15H2,1H3,(H,29,32)/b20-17+. The number of hydrogen-bond acceptors (Lipinski definition) is 6. The number of rotatable bonds is 8. The SMILES string of the molecule is COc1ccc(Oc2nc3ccccn3c(=O)c2/C=C(\C#N)C(=O)NCCc2ccccc2)cc1. The monoisotopic (exact) mass is 466 g/mol. The molecule has 0 bridgehead atoms. The van der Waals surface area contributed by atoms with Crippen molar-refractivity contribution in [3.8, 4) is 23.4 Å². The lowest BCUT2D eigenvalue weighted by molar-refractivity contribution is -0.117. The summed E-state index contributed by atoms with van der Waals surface area (Å²) in [6.45, 7) is 0.339. The summed E-state index contributed by atoms with van der Waals surface area (Å²) in [6, 6.07) is 23.4. The maximum Gasteiger partial charge on any atom is 0.269 e. The van der Waals surface area contributed by atoms with Gasteiger partial charge in [-0.3, -0.25) is 14.0 Å². The Labute approximate surface area is 201 Å². The summed E-state index contributed by atoms with van der Waals surface area (Å²) in [5, 5.41) is 12.4. The van der Waals surface area contributed by atoms with Crippen LogP contribution in [0.1, 0.15) is 11.1 Å². The molecule has 1 amide bonds. The van der Waals surface area contributed by atoms with Gasteiger partial charge in [-0.05, 0) is 54.5 Å². The van der Waals surface area contributed by atoms with Gasteiger partial charge in [0.1, 0.15) is 34.4 Å². The number of carbonyl (C=O) groups excluding carboxylic acids is 1. The Hall–Kier alpha value is -4.90. The summed E-state index contributed by atoms with van der Waals surface area (Å²) in [5.74, 6) is 0.453. The number of nitriles is 1. The molecule has 0 unspecified atom stereocenters. The Morgan fingerprint density at radius 2 is 1.77 bits per heavy atom. The van der Waals surface area contributed by atoms with Gasteiger partial charge < -0.3 is 14.8 Å². The third kappa shape index (κ3) is 5.54. The highest BCUT2D eigenvalue weighted by atomic mass is 16.5. The van der Waals surface area contributed by atoms with Crippen LogP contribution in [0.2, 0.25) is 0 Å². The normalized spacial score (nSPS) is 11.0. The van der Waals surface area contributed by atoms with E-state index in [9.17, 15) is 14.9 Å². The van der Waals surface area contributed by atoms with Crippen LogP contribution in [0.25, 0.3) is 11.7 Å². The van der Waals surface area contributed by atoms with E-state index >= 15 is 0 Å². The van der Waals surface area contributed by atoms with E-state index in [2.05, 4.69) is 10.3 Å². The molecule has 0 radical (unpaired) electrons. The fourth-order valence-corrected chi connectivity index (χ4v) is 3.39. The van der Waals surface area contributed by atoms with Crippen molar-refractivity contribution in [2.45, 2.75) is 6.42 Å². The highest BCUT2D eigenvalue weighted by Crippen LogP contribution is 2.25. The molecule has 8 nitrogen and oxygen atoms in total. The average molecular weight is 466 g/mol. The second-order valence-electron chi connectivity index (χ2n) is 7.50. The number of carbonyl (C=O) groups is 1. The molecule has 1 N–H and O–H groups in total. The molecule has 0 spiro atoms. The van der Waals surface area contributed by atoms with Gasteiger partial charge >= 0.3 is 0 Å². The van der Waals surface area contributed by atoms with Crippen molar-refractivity contribution in [1.82, 2.24) is 14.7 Å². The molecule has 35 heavy (non-hydrogen) atoms. The maximum absolute atomic E-state index is 13.3. The van der Waals surface area contributed by atoms with E-state index in [4.69, 9.17) is 9.47 Å². The third-order valence-electron chi connectivity index (χ3n) is 5.20. The zero-order valence-corrected chi connectivity index (χ0v) is 19.0. The lowest BCUT2D eigenvalue weighted by Gasteiger charge is -2.11. The predicted molar refractivity (Wildman–Crippen MR) is 131 cm³/mol. The molecule has 2 aromatic heterocycles. The Bertz CT molecular complexity index is 1470. The first-order chi connectivity index (χ1) is 17.1. The topological polar surface area (TPSA) is 106 Å². The van der Waals surface area contributed by atoms with Crippen LogP contribution < -0.4 is 20.3 Å². The summed E-state index contributed by atoms with van der Waals surface area (Å²) in [4.78, 5) is 30.4. The van der Waals surface area contributed by atoms with E-state index in [0.717, 1.165) is 5.56 Å². The Morgan fingerprint density at radius 3 is 2.49 bits per heavy atom. The fraction of sp³-hybridized carbons (Fsp3) is 0.111. The molecule has 0 aliphatic rings. The zero-order chi connectivity index (χ0) is 24.6. The van der Waals surface area contributed by atoms with Gasteiger partial charge in [-0.15, -0.1) is 0 Å². The van der Waals surface area contributed by atoms with Gasteiger partial charge in [0.05, 0.1) is 7.11 Å². The van der Waals surface area contributed by atoms with Crippen molar-refractivity contribution < 1.29 is 14.3 Å². The van der Waals surface area contributed by atoms with Crippen LogP contribution in [0.15, 0.2) is 89.4 Å². The minimum atomic E-state index is -0.587. The number of nitrogens with zero attached hydrogens (tertiary/aromatic N) is 3. The minimum Gasteiger partial charge on any atom is -0.497 e. The number of benzene rings is 2. The molecular formula is C27H22N4O4. The van der Waals surface area contributed by atoms with Gasteiger partial charge in [0, 0.05) is 12.7 Å². The van der Waals surface area contributed by atoms with E-state index in [0.29, 0.717) is 30.1 Å². The summed E-state index contributed by atoms with van der Waals surface area (Å²) >= 11 is 0. The Kier molecular flexibility index (Phi) is 7.19. The van der Waals surface area contributed by atoms with Gasteiger partial charge in [-0.25, -0.2) is 0 Å². The van der Waals surface area contributed by atoms with E-state index in [1.54, 1.807) is 55.8 Å². The highest BCUT2D eigenvalue weighted by Gasteiger charge is 2.17.